The molecule has 0 fully saturated rings. The molecule has 0 unspecified atom stereocenters. The molecule has 0 amide bonds. The van der Waals surface area contributed by atoms with Gasteiger partial charge in [-0.3, -0.25) is 0 Å². The fraction of sp³-hybridized carbons (Fsp3) is 0.571. The maximum Gasteiger partial charge on any atom is 2.00 e. The summed E-state index contributed by atoms with van der Waals surface area (Å²) in [7, 11) is 0. The van der Waals surface area contributed by atoms with E-state index < -0.39 is 0 Å². The zero-order valence-electron chi connectivity index (χ0n) is 22.0. The molecule has 31 heavy (non-hydrogen) atoms. The SMILES string of the molecule is CC(C)(C)c1cccc(C(C)(C)C)c1[O-].CC(C)(C)c1cccc(C(C)(C)C)c1[O-].[Zn+2]. The van der Waals surface area contributed by atoms with Gasteiger partial charge in [0, 0.05) is 0 Å². The van der Waals surface area contributed by atoms with Crippen LogP contribution in [0, 0.1) is 0 Å². The summed E-state index contributed by atoms with van der Waals surface area (Å²) in [4.78, 5) is 0. The summed E-state index contributed by atoms with van der Waals surface area (Å²) in [5.41, 5.74) is 3.36. The van der Waals surface area contributed by atoms with Gasteiger partial charge in [0.25, 0.3) is 0 Å². The molecule has 3 heteroatoms. The van der Waals surface area contributed by atoms with E-state index in [1.54, 1.807) is 0 Å². The predicted molar refractivity (Wildman–Crippen MR) is 127 cm³/mol. The number of hydrogen-bond acceptors (Lipinski definition) is 2. The minimum absolute atomic E-state index is 0. The van der Waals surface area contributed by atoms with Crippen molar-refractivity contribution in [1.82, 2.24) is 0 Å². The second-order valence-corrected chi connectivity index (χ2v) is 12.4. The third-order valence-corrected chi connectivity index (χ3v) is 5.26. The van der Waals surface area contributed by atoms with Gasteiger partial charge in [0.05, 0.1) is 0 Å². The Morgan fingerprint density at radius 1 is 0.419 bits per heavy atom. The van der Waals surface area contributed by atoms with Crippen LogP contribution in [0.3, 0.4) is 0 Å². The van der Waals surface area contributed by atoms with Crippen LogP contribution in [0.2, 0.25) is 0 Å². The summed E-state index contributed by atoms with van der Waals surface area (Å²) in [5.74, 6) is 0.412. The maximum absolute atomic E-state index is 12.3. The van der Waals surface area contributed by atoms with Crippen molar-refractivity contribution in [2.24, 2.45) is 0 Å². The van der Waals surface area contributed by atoms with Crippen molar-refractivity contribution in [3.63, 3.8) is 0 Å². The van der Waals surface area contributed by atoms with Crippen LogP contribution in [-0.4, -0.2) is 0 Å². The second-order valence-electron chi connectivity index (χ2n) is 12.4. The normalized spacial score (nSPS) is 12.5. The van der Waals surface area contributed by atoms with Gasteiger partial charge in [-0.2, -0.15) is 0 Å². The first-order valence-electron chi connectivity index (χ1n) is 10.9. The largest absolute Gasteiger partial charge is 2.00 e. The summed E-state index contributed by atoms with van der Waals surface area (Å²) in [6, 6.07) is 11.7. The number of hydrogen-bond donors (Lipinski definition) is 0. The molecule has 2 aromatic rings. The zero-order valence-corrected chi connectivity index (χ0v) is 25.0. The smallest absolute Gasteiger partial charge is 0.872 e. The van der Waals surface area contributed by atoms with Gasteiger partial charge in [-0.15, -0.1) is 11.5 Å². The Morgan fingerprint density at radius 3 is 0.710 bits per heavy atom. The molecule has 0 spiro atoms. The summed E-state index contributed by atoms with van der Waals surface area (Å²) < 4.78 is 0. The first-order chi connectivity index (χ1) is 13.3. The molecule has 0 aliphatic carbocycles. The van der Waals surface area contributed by atoms with E-state index in [2.05, 4.69) is 83.1 Å². The van der Waals surface area contributed by atoms with Crippen LogP contribution < -0.4 is 10.2 Å². The monoisotopic (exact) mass is 474 g/mol. The molecule has 0 aliphatic heterocycles. The van der Waals surface area contributed by atoms with Gasteiger partial charge < -0.3 is 10.2 Å². The molecule has 0 saturated carbocycles. The number of benzene rings is 2. The van der Waals surface area contributed by atoms with Crippen LogP contribution in [-0.2, 0) is 41.1 Å². The first kappa shape index (κ1) is 29.7. The zero-order chi connectivity index (χ0) is 23.7. The molecule has 168 valence electrons. The van der Waals surface area contributed by atoms with Gasteiger partial charge >= 0.3 is 19.5 Å². The van der Waals surface area contributed by atoms with E-state index in [0.29, 0.717) is 0 Å². The second kappa shape index (κ2) is 10.1. The van der Waals surface area contributed by atoms with Gasteiger partial charge in [0.2, 0.25) is 0 Å². The van der Waals surface area contributed by atoms with Gasteiger partial charge in [-0.1, -0.05) is 142 Å². The van der Waals surface area contributed by atoms with E-state index in [9.17, 15) is 10.2 Å². The topological polar surface area (TPSA) is 46.1 Å². The van der Waals surface area contributed by atoms with Crippen LogP contribution in [0.1, 0.15) is 105 Å². The van der Waals surface area contributed by atoms with Gasteiger partial charge in [0.1, 0.15) is 0 Å². The van der Waals surface area contributed by atoms with Crippen molar-refractivity contribution < 1.29 is 29.7 Å². The van der Waals surface area contributed by atoms with E-state index >= 15 is 0 Å². The van der Waals surface area contributed by atoms with E-state index in [1.165, 1.54) is 0 Å². The van der Waals surface area contributed by atoms with Crippen molar-refractivity contribution in [1.29, 1.82) is 0 Å². The van der Waals surface area contributed by atoms with Gasteiger partial charge in [-0.25, -0.2) is 0 Å². The molecule has 0 heterocycles. The van der Waals surface area contributed by atoms with E-state index in [1.807, 2.05) is 36.4 Å². The molecule has 0 bridgehead atoms. The number of para-hydroxylation sites is 2. The van der Waals surface area contributed by atoms with Crippen molar-refractivity contribution in [3.8, 4) is 11.5 Å². The number of rotatable bonds is 0. The Labute approximate surface area is 204 Å². The van der Waals surface area contributed by atoms with Crippen LogP contribution >= 0.6 is 0 Å². The average molecular weight is 476 g/mol. The summed E-state index contributed by atoms with van der Waals surface area (Å²) in [6.07, 6.45) is 0. The fourth-order valence-electron chi connectivity index (χ4n) is 3.44. The molecule has 0 saturated heterocycles. The fourth-order valence-corrected chi connectivity index (χ4v) is 3.44. The molecule has 2 nitrogen and oxygen atoms in total. The summed E-state index contributed by atoms with van der Waals surface area (Å²) >= 11 is 0. The minimum Gasteiger partial charge on any atom is -0.872 e. The summed E-state index contributed by atoms with van der Waals surface area (Å²) in [6.45, 7) is 25.0. The molecule has 0 radical (unpaired) electrons. The molecule has 0 aliphatic rings. The van der Waals surface area contributed by atoms with Crippen LogP contribution in [0.25, 0.3) is 0 Å². The summed E-state index contributed by atoms with van der Waals surface area (Å²) in [5, 5.41) is 24.5. The van der Waals surface area contributed by atoms with Crippen molar-refractivity contribution in [2.75, 3.05) is 0 Å². The minimum atomic E-state index is -0.0711. The standard InChI is InChI=1S/2C14H22O.Zn/c2*1-13(2,3)10-8-7-9-11(12(10)15)14(4,5)6;/h2*7-9,15H,1-6H3;/q;;+2/p-2. The molecule has 0 atom stereocenters. The van der Waals surface area contributed by atoms with Crippen LogP contribution in [0.4, 0.5) is 0 Å². The first-order valence-corrected chi connectivity index (χ1v) is 10.9. The Hall–Kier alpha value is -1.34. The molecule has 2 aromatic carbocycles. The predicted octanol–water partition coefficient (Wildman–Crippen LogP) is 6.71. The average Bonchev–Trinajstić information content (AvgIpc) is 2.51. The molecule has 0 N–H and O–H groups in total. The molecule has 2 rings (SSSR count). The van der Waals surface area contributed by atoms with Gasteiger partial charge in [0.15, 0.2) is 0 Å². The van der Waals surface area contributed by atoms with Crippen molar-refractivity contribution in [2.45, 2.75) is 105 Å². The maximum atomic E-state index is 12.3. The Morgan fingerprint density at radius 2 is 0.581 bits per heavy atom. The molecular weight excluding hydrogens is 434 g/mol. The van der Waals surface area contributed by atoms with Crippen molar-refractivity contribution in [3.05, 3.63) is 58.7 Å². The molecule has 0 aromatic heterocycles. The quantitative estimate of drug-likeness (QED) is 0.397. The van der Waals surface area contributed by atoms with E-state index in [4.69, 9.17) is 0 Å². The van der Waals surface area contributed by atoms with Gasteiger partial charge in [-0.05, 0) is 21.7 Å². The molecular formula is C28H42O2Zn. The van der Waals surface area contributed by atoms with Crippen molar-refractivity contribution >= 4 is 0 Å². The Balaban J connectivity index is 0.000000562. The van der Waals surface area contributed by atoms with Crippen LogP contribution in [0.5, 0.6) is 11.5 Å². The Kier molecular flexibility index (Phi) is 9.64. The third kappa shape index (κ3) is 7.94. The van der Waals surface area contributed by atoms with Crippen LogP contribution in [0.15, 0.2) is 36.4 Å². The van der Waals surface area contributed by atoms with E-state index in [-0.39, 0.29) is 52.6 Å². The third-order valence-electron chi connectivity index (χ3n) is 5.26. The van der Waals surface area contributed by atoms with E-state index in [0.717, 1.165) is 22.3 Å². The Bertz CT molecular complexity index is 717.